The van der Waals surface area contributed by atoms with Crippen LogP contribution >= 0.6 is 0 Å². The van der Waals surface area contributed by atoms with Crippen LogP contribution in [0.4, 0.5) is 5.69 Å². The van der Waals surface area contributed by atoms with Gasteiger partial charge >= 0.3 is 0 Å². The lowest BCUT2D eigenvalue weighted by molar-refractivity contribution is -0.384. The summed E-state index contributed by atoms with van der Waals surface area (Å²) in [5.74, 6) is 0.00988. The molecule has 0 aliphatic carbocycles. The van der Waals surface area contributed by atoms with Crippen molar-refractivity contribution in [3.05, 3.63) is 106 Å². The molecule has 25 heavy (non-hydrogen) atoms. The van der Waals surface area contributed by atoms with Gasteiger partial charge in [0.1, 0.15) is 12.4 Å². The van der Waals surface area contributed by atoms with Crippen LogP contribution in [-0.4, -0.2) is 10.7 Å². The van der Waals surface area contributed by atoms with Gasteiger partial charge in [-0.1, -0.05) is 60.7 Å². The van der Waals surface area contributed by atoms with Crippen LogP contribution in [-0.2, 0) is 6.61 Å². The number of non-ortho nitro benzene ring substituents is 1. The Morgan fingerprint density at radius 3 is 2.20 bits per heavy atom. The van der Waals surface area contributed by atoms with Gasteiger partial charge in [0.15, 0.2) is 5.78 Å². The van der Waals surface area contributed by atoms with Crippen molar-refractivity contribution in [2.24, 2.45) is 0 Å². The van der Waals surface area contributed by atoms with Crippen LogP contribution in [0.25, 0.3) is 0 Å². The van der Waals surface area contributed by atoms with Crippen molar-refractivity contribution in [3.63, 3.8) is 0 Å². The Kier molecular flexibility index (Phi) is 4.85. The zero-order chi connectivity index (χ0) is 17.6. The molecule has 0 radical (unpaired) electrons. The number of ether oxygens (including phenoxy) is 1. The van der Waals surface area contributed by atoms with Crippen molar-refractivity contribution in [2.75, 3.05) is 0 Å². The number of carbonyl (C=O) groups excluding carboxylic acids is 1. The molecule has 0 N–H and O–H groups in total. The Labute approximate surface area is 144 Å². The van der Waals surface area contributed by atoms with E-state index in [4.69, 9.17) is 4.74 Å². The Bertz CT molecular complexity index is 892. The summed E-state index contributed by atoms with van der Waals surface area (Å²) in [6.07, 6.45) is 0. The van der Waals surface area contributed by atoms with Crippen molar-refractivity contribution in [2.45, 2.75) is 6.61 Å². The van der Waals surface area contributed by atoms with Gasteiger partial charge in [-0.2, -0.15) is 0 Å². The van der Waals surface area contributed by atoms with Crippen LogP contribution in [0.5, 0.6) is 5.75 Å². The summed E-state index contributed by atoms with van der Waals surface area (Å²) in [6, 6.07) is 22.2. The molecule has 0 aromatic heterocycles. The average Bonchev–Trinajstić information content (AvgIpc) is 2.67. The Morgan fingerprint density at radius 1 is 0.920 bits per heavy atom. The highest BCUT2D eigenvalue weighted by Crippen LogP contribution is 2.27. The maximum atomic E-state index is 12.8. The van der Waals surface area contributed by atoms with Crippen molar-refractivity contribution < 1.29 is 14.5 Å². The van der Waals surface area contributed by atoms with Crippen LogP contribution in [0, 0.1) is 10.1 Å². The third-order valence-electron chi connectivity index (χ3n) is 3.69. The number of carbonyl (C=O) groups is 1. The summed E-state index contributed by atoms with van der Waals surface area (Å²) in [7, 11) is 0. The van der Waals surface area contributed by atoms with Crippen LogP contribution in [0.15, 0.2) is 78.9 Å². The third-order valence-corrected chi connectivity index (χ3v) is 3.69. The van der Waals surface area contributed by atoms with Gasteiger partial charge in [0.25, 0.3) is 5.69 Å². The number of nitrogens with zero attached hydrogens (tertiary/aromatic N) is 1. The largest absolute Gasteiger partial charge is 0.488 e. The first-order chi connectivity index (χ1) is 12.1. The van der Waals surface area contributed by atoms with Crippen LogP contribution in [0.2, 0.25) is 0 Å². The molecule has 0 unspecified atom stereocenters. The summed E-state index contributed by atoms with van der Waals surface area (Å²) in [5, 5.41) is 11.1. The first-order valence-corrected chi connectivity index (χ1v) is 7.70. The molecule has 0 amide bonds. The molecule has 124 valence electrons. The van der Waals surface area contributed by atoms with Gasteiger partial charge in [-0.3, -0.25) is 14.9 Å². The standard InChI is InChI=1S/C20H15NO4/c22-20(16-9-5-2-6-10-16)18-13-17(21(23)24)11-12-19(18)25-14-15-7-3-1-4-8-15/h1-13H,14H2. The van der Waals surface area contributed by atoms with E-state index in [9.17, 15) is 14.9 Å². The number of nitro groups is 1. The average molecular weight is 333 g/mol. The van der Waals surface area contributed by atoms with Gasteiger partial charge in [-0.25, -0.2) is 0 Å². The van der Waals surface area contributed by atoms with Crippen molar-refractivity contribution in [3.8, 4) is 5.75 Å². The van der Waals surface area contributed by atoms with E-state index in [2.05, 4.69) is 0 Å². The second kappa shape index (κ2) is 7.40. The minimum Gasteiger partial charge on any atom is -0.488 e. The molecule has 0 saturated carbocycles. The Hall–Kier alpha value is -3.47. The van der Waals surface area contributed by atoms with Gasteiger partial charge < -0.3 is 4.74 Å². The molecule has 3 aromatic rings. The number of hydrogen-bond donors (Lipinski definition) is 0. The topological polar surface area (TPSA) is 69.4 Å². The molecule has 0 spiro atoms. The van der Waals surface area contributed by atoms with Gasteiger partial charge in [0, 0.05) is 17.7 Å². The minimum atomic E-state index is -0.525. The van der Waals surface area contributed by atoms with Crippen LogP contribution in [0.1, 0.15) is 21.5 Å². The van der Waals surface area contributed by atoms with E-state index in [0.717, 1.165) is 5.56 Å². The van der Waals surface area contributed by atoms with Crippen LogP contribution < -0.4 is 4.74 Å². The molecule has 0 aliphatic heterocycles. The van der Waals surface area contributed by atoms with E-state index in [-0.39, 0.29) is 23.6 Å². The molecule has 0 saturated heterocycles. The number of benzene rings is 3. The number of hydrogen-bond acceptors (Lipinski definition) is 4. The molecule has 0 fully saturated rings. The minimum absolute atomic E-state index is 0.147. The van der Waals surface area contributed by atoms with Crippen molar-refractivity contribution in [1.29, 1.82) is 0 Å². The highest BCUT2D eigenvalue weighted by Gasteiger charge is 2.19. The molecule has 3 rings (SSSR count). The van der Waals surface area contributed by atoms with E-state index >= 15 is 0 Å². The lowest BCUT2D eigenvalue weighted by Gasteiger charge is -2.11. The summed E-state index contributed by atoms with van der Waals surface area (Å²) >= 11 is 0. The first-order valence-electron chi connectivity index (χ1n) is 7.70. The normalized spacial score (nSPS) is 10.2. The number of nitro benzene ring substituents is 1. The fraction of sp³-hybridized carbons (Fsp3) is 0.0500. The summed E-state index contributed by atoms with van der Waals surface area (Å²) in [6.45, 7) is 0.272. The highest BCUT2D eigenvalue weighted by atomic mass is 16.6. The van der Waals surface area contributed by atoms with E-state index in [1.165, 1.54) is 18.2 Å². The molecular weight excluding hydrogens is 318 g/mol. The summed E-state index contributed by atoms with van der Waals surface area (Å²) in [5.41, 5.74) is 1.43. The molecule has 0 atom stereocenters. The quantitative estimate of drug-likeness (QED) is 0.381. The van der Waals surface area contributed by atoms with E-state index < -0.39 is 4.92 Å². The lowest BCUT2D eigenvalue weighted by Crippen LogP contribution is -2.06. The second-order valence-electron chi connectivity index (χ2n) is 5.41. The molecule has 0 bridgehead atoms. The maximum Gasteiger partial charge on any atom is 0.270 e. The zero-order valence-electron chi connectivity index (χ0n) is 13.3. The lowest BCUT2D eigenvalue weighted by atomic mass is 10.0. The number of rotatable bonds is 6. The zero-order valence-corrected chi connectivity index (χ0v) is 13.3. The smallest absolute Gasteiger partial charge is 0.270 e. The number of ketones is 1. The van der Waals surface area contributed by atoms with Crippen LogP contribution in [0.3, 0.4) is 0 Å². The fourth-order valence-corrected chi connectivity index (χ4v) is 2.42. The molecule has 0 heterocycles. The second-order valence-corrected chi connectivity index (χ2v) is 5.41. The predicted molar refractivity (Wildman–Crippen MR) is 93.7 cm³/mol. The van der Waals surface area contributed by atoms with Gasteiger partial charge in [0.05, 0.1) is 10.5 Å². The first kappa shape index (κ1) is 16.4. The van der Waals surface area contributed by atoms with E-state index in [1.54, 1.807) is 30.3 Å². The monoisotopic (exact) mass is 333 g/mol. The predicted octanol–water partition coefficient (Wildman–Crippen LogP) is 4.40. The summed E-state index contributed by atoms with van der Waals surface area (Å²) < 4.78 is 5.76. The van der Waals surface area contributed by atoms with Crippen molar-refractivity contribution in [1.82, 2.24) is 0 Å². The fourth-order valence-electron chi connectivity index (χ4n) is 2.42. The highest BCUT2D eigenvalue weighted by molar-refractivity contribution is 6.11. The van der Waals surface area contributed by atoms with Gasteiger partial charge in [0.2, 0.25) is 0 Å². The van der Waals surface area contributed by atoms with Crippen molar-refractivity contribution >= 4 is 11.5 Å². The van der Waals surface area contributed by atoms with Gasteiger partial charge in [-0.15, -0.1) is 0 Å². The van der Waals surface area contributed by atoms with E-state index in [0.29, 0.717) is 11.3 Å². The molecule has 5 nitrogen and oxygen atoms in total. The van der Waals surface area contributed by atoms with E-state index in [1.807, 2.05) is 30.3 Å². The molecule has 5 heteroatoms. The maximum absolute atomic E-state index is 12.8. The SMILES string of the molecule is O=C(c1ccccc1)c1cc([N+](=O)[O-])ccc1OCc1ccccc1. The Morgan fingerprint density at radius 2 is 1.56 bits per heavy atom. The molecule has 3 aromatic carbocycles. The molecular formula is C20H15NO4. The molecule has 0 aliphatic rings. The Balaban J connectivity index is 1.94. The third kappa shape index (κ3) is 3.90. The van der Waals surface area contributed by atoms with Gasteiger partial charge in [-0.05, 0) is 11.6 Å². The summed E-state index contributed by atoms with van der Waals surface area (Å²) in [4.78, 5) is 23.3.